The Labute approximate surface area is 160 Å². The fourth-order valence-corrected chi connectivity index (χ4v) is 3.89. The molecular formula is C19H30N4O4. The van der Waals surface area contributed by atoms with E-state index in [1.54, 1.807) is 18.0 Å². The van der Waals surface area contributed by atoms with Crippen molar-refractivity contribution < 1.29 is 18.7 Å². The van der Waals surface area contributed by atoms with Gasteiger partial charge in [-0.05, 0) is 38.4 Å². The van der Waals surface area contributed by atoms with Crippen molar-refractivity contribution in [3.05, 3.63) is 23.7 Å². The van der Waals surface area contributed by atoms with E-state index in [1.807, 2.05) is 13.0 Å². The van der Waals surface area contributed by atoms with Gasteiger partial charge in [0.2, 0.25) is 0 Å². The minimum absolute atomic E-state index is 0.197. The van der Waals surface area contributed by atoms with Gasteiger partial charge in [-0.15, -0.1) is 0 Å². The van der Waals surface area contributed by atoms with Gasteiger partial charge in [0, 0.05) is 45.8 Å². The second-order valence-corrected chi connectivity index (χ2v) is 7.10. The van der Waals surface area contributed by atoms with Crippen LogP contribution >= 0.6 is 0 Å². The first-order chi connectivity index (χ1) is 13.1. The van der Waals surface area contributed by atoms with Crippen molar-refractivity contribution in [3.8, 4) is 0 Å². The molecule has 3 heterocycles. The number of furan rings is 1. The second-order valence-electron chi connectivity index (χ2n) is 7.10. The van der Waals surface area contributed by atoms with Crippen molar-refractivity contribution in [3.63, 3.8) is 0 Å². The van der Waals surface area contributed by atoms with Gasteiger partial charge in [0.1, 0.15) is 5.76 Å². The molecule has 1 N–H and O–H groups in total. The maximum absolute atomic E-state index is 11.8. The summed E-state index contributed by atoms with van der Waals surface area (Å²) in [7, 11) is 1.60. The molecule has 0 bridgehead atoms. The van der Waals surface area contributed by atoms with Crippen LogP contribution in [0.5, 0.6) is 0 Å². The van der Waals surface area contributed by atoms with E-state index in [0.717, 1.165) is 58.0 Å². The number of ether oxygens (including phenoxy) is 1. The minimum Gasteiger partial charge on any atom is -0.455 e. The molecule has 27 heavy (non-hydrogen) atoms. The number of rotatable bonds is 5. The summed E-state index contributed by atoms with van der Waals surface area (Å²) in [4.78, 5) is 30.1. The molecule has 0 radical (unpaired) electrons. The largest absolute Gasteiger partial charge is 0.455 e. The Morgan fingerprint density at radius 3 is 2.70 bits per heavy atom. The van der Waals surface area contributed by atoms with Crippen LogP contribution in [0.4, 0.5) is 4.79 Å². The summed E-state index contributed by atoms with van der Waals surface area (Å²) < 4.78 is 10.8. The molecule has 8 nitrogen and oxygen atoms in total. The number of carbonyl (C=O) groups is 2. The van der Waals surface area contributed by atoms with Crippen molar-refractivity contribution in [2.45, 2.75) is 32.4 Å². The Morgan fingerprint density at radius 2 is 2.00 bits per heavy atom. The maximum atomic E-state index is 11.8. The fraction of sp³-hybridized carbons (Fsp3) is 0.684. The lowest BCUT2D eigenvalue weighted by Crippen LogP contribution is -2.55. The predicted molar refractivity (Wildman–Crippen MR) is 101 cm³/mol. The van der Waals surface area contributed by atoms with Crippen molar-refractivity contribution in [1.29, 1.82) is 0 Å². The first-order valence-corrected chi connectivity index (χ1v) is 9.79. The van der Waals surface area contributed by atoms with Gasteiger partial charge >= 0.3 is 6.09 Å². The molecule has 2 amide bonds. The van der Waals surface area contributed by atoms with Gasteiger partial charge in [-0.25, -0.2) is 4.79 Å². The summed E-state index contributed by atoms with van der Waals surface area (Å²) in [6.45, 7) is 8.22. The van der Waals surface area contributed by atoms with Gasteiger partial charge < -0.3 is 19.4 Å². The highest BCUT2D eigenvalue weighted by Gasteiger charge is 2.30. The molecule has 8 heteroatoms. The zero-order valence-corrected chi connectivity index (χ0v) is 16.3. The molecule has 1 aromatic heterocycles. The third-order valence-corrected chi connectivity index (χ3v) is 5.33. The smallest absolute Gasteiger partial charge is 0.409 e. The Morgan fingerprint density at radius 1 is 1.22 bits per heavy atom. The molecule has 0 unspecified atom stereocenters. The Bertz CT molecular complexity index is 639. The summed E-state index contributed by atoms with van der Waals surface area (Å²) >= 11 is 0. The van der Waals surface area contributed by atoms with Crippen LogP contribution < -0.4 is 5.32 Å². The molecule has 0 aliphatic carbocycles. The van der Waals surface area contributed by atoms with Crippen molar-refractivity contribution in [2.24, 2.45) is 0 Å². The summed E-state index contributed by atoms with van der Waals surface area (Å²) in [6, 6.07) is 4.10. The van der Waals surface area contributed by atoms with E-state index in [0.29, 0.717) is 18.4 Å². The van der Waals surface area contributed by atoms with Gasteiger partial charge in [0.25, 0.3) is 5.91 Å². The third kappa shape index (κ3) is 5.01. The highest BCUT2D eigenvalue weighted by atomic mass is 16.6. The lowest BCUT2D eigenvalue weighted by atomic mass is 10.0. The predicted octanol–water partition coefficient (Wildman–Crippen LogP) is 1.38. The van der Waals surface area contributed by atoms with E-state index in [2.05, 4.69) is 15.1 Å². The summed E-state index contributed by atoms with van der Waals surface area (Å²) in [5.41, 5.74) is 0. The van der Waals surface area contributed by atoms with Crippen molar-refractivity contribution in [1.82, 2.24) is 20.0 Å². The number of hydrogen-bond acceptors (Lipinski definition) is 6. The van der Waals surface area contributed by atoms with Crippen LogP contribution in [0.1, 0.15) is 36.1 Å². The SMILES string of the molecule is CCOC(=O)N1CCN([C@@H]2CCCN(Cc3ccc(C(=O)NC)o3)C2)CC1. The maximum Gasteiger partial charge on any atom is 0.409 e. The number of nitrogens with zero attached hydrogens (tertiary/aromatic N) is 3. The lowest BCUT2D eigenvalue weighted by molar-refractivity contribution is 0.0398. The molecule has 2 aliphatic heterocycles. The molecule has 1 atom stereocenters. The molecule has 2 saturated heterocycles. The Balaban J connectivity index is 1.49. The molecule has 0 saturated carbocycles. The van der Waals surface area contributed by atoms with E-state index in [9.17, 15) is 9.59 Å². The highest BCUT2D eigenvalue weighted by molar-refractivity contribution is 5.91. The molecule has 0 spiro atoms. The van der Waals surface area contributed by atoms with Gasteiger partial charge in [-0.1, -0.05) is 0 Å². The number of nitrogens with one attached hydrogen (secondary N) is 1. The highest BCUT2D eigenvalue weighted by Crippen LogP contribution is 2.20. The topological polar surface area (TPSA) is 78.3 Å². The zero-order valence-electron chi connectivity index (χ0n) is 16.3. The number of amides is 2. The van der Waals surface area contributed by atoms with Crippen LogP contribution in [0.25, 0.3) is 0 Å². The average Bonchev–Trinajstić information content (AvgIpc) is 3.16. The molecular weight excluding hydrogens is 348 g/mol. The molecule has 3 rings (SSSR count). The van der Waals surface area contributed by atoms with E-state index >= 15 is 0 Å². The van der Waals surface area contributed by atoms with Crippen molar-refractivity contribution >= 4 is 12.0 Å². The Hall–Kier alpha value is -2.06. The summed E-state index contributed by atoms with van der Waals surface area (Å²) in [6.07, 6.45) is 2.12. The standard InChI is InChI=1S/C19H30N4O4/c1-3-26-19(25)23-11-9-22(10-12-23)15-5-4-8-21(13-15)14-16-6-7-17(27-16)18(24)20-2/h6-7,15H,3-5,8-14H2,1-2H3,(H,20,24)/t15-/m1/s1. The molecule has 0 aromatic carbocycles. The van der Waals surface area contributed by atoms with Crippen LogP contribution in [-0.4, -0.2) is 85.7 Å². The lowest BCUT2D eigenvalue weighted by Gasteiger charge is -2.43. The normalized spacial score (nSPS) is 21.9. The summed E-state index contributed by atoms with van der Waals surface area (Å²) in [5.74, 6) is 0.981. The Kier molecular flexibility index (Phi) is 6.73. The molecule has 1 aromatic rings. The fourth-order valence-electron chi connectivity index (χ4n) is 3.89. The average molecular weight is 378 g/mol. The van der Waals surface area contributed by atoms with Gasteiger partial charge in [-0.2, -0.15) is 0 Å². The van der Waals surface area contributed by atoms with E-state index in [-0.39, 0.29) is 12.0 Å². The van der Waals surface area contributed by atoms with Crippen LogP contribution in [0, 0.1) is 0 Å². The number of piperidine rings is 1. The third-order valence-electron chi connectivity index (χ3n) is 5.33. The molecule has 2 aliphatic rings. The van der Waals surface area contributed by atoms with Gasteiger partial charge in [0.05, 0.1) is 13.2 Å². The molecule has 150 valence electrons. The minimum atomic E-state index is -0.202. The van der Waals surface area contributed by atoms with Crippen LogP contribution in [0.3, 0.4) is 0 Å². The van der Waals surface area contributed by atoms with Crippen molar-refractivity contribution in [2.75, 3.05) is 52.9 Å². The van der Waals surface area contributed by atoms with E-state index < -0.39 is 0 Å². The van der Waals surface area contributed by atoms with E-state index in [4.69, 9.17) is 9.15 Å². The first-order valence-electron chi connectivity index (χ1n) is 9.79. The van der Waals surface area contributed by atoms with Crippen LogP contribution in [-0.2, 0) is 11.3 Å². The van der Waals surface area contributed by atoms with Gasteiger partial charge in [0.15, 0.2) is 5.76 Å². The monoisotopic (exact) mass is 378 g/mol. The van der Waals surface area contributed by atoms with Gasteiger partial charge in [-0.3, -0.25) is 14.6 Å². The second kappa shape index (κ2) is 9.23. The van der Waals surface area contributed by atoms with Crippen LogP contribution in [0.2, 0.25) is 0 Å². The summed E-state index contributed by atoms with van der Waals surface area (Å²) in [5, 5.41) is 2.58. The zero-order chi connectivity index (χ0) is 19.2. The van der Waals surface area contributed by atoms with Crippen LogP contribution in [0.15, 0.2) is 16.5 Å². The molecule has 2 fully saturated rings. The first kappa shape index (κ1) is 19.7. The van der Waals surface area contributed by atoms with E-state index in [1.165, 1.54) is 6.42 Å². The quantitative estimate of drug-likeness (QED) is 0.834. The number of likely N-dealkylation sites (tertiary alicyclic amines) is 1. The number of carbonyl (C=O) groups excluding carboxylic acids is 2. The number of piperazine rings is 1. The number of hydrogen-bond donors (Lipinski definition) is 1.